The van der Waals surface area contributed by atoms with Gasteiger partial charge in [0.25, 0.3) is 5.91 Å². The highest BCUT2D eigenvalue weighted by Gasteiger charge is 2.27. The van der Waals surface area contributed by atoms with Crippen molar-refractivity contribution in [2.45, 2.75) is 25.9 Å². The number of carbonyl (C=O) groups is 1. The second-order valence-electron chi connectivity index (χ2n) is 4.73. The van der Waals surface area contributed by atoms with Crippen LogP contribution in [0.5, 0.6) is 0 Å². The van der Waals surface area contributed by atoms with Crippen LogP contribution in [0.3, 0.4) is 0 Å². The monoisotopic (exact) mass is 263 g/mol. The van der Waals surface area contributed by atoms with E-state index in [1.165, 1.54) is 0 Å². The Morgan fingerprint density at radius 2 is 2.37 bits per heavy atom. The van der Waals surface area contributed by atoms with Crippen molar-refractivity contribution in [3.05, 3.63) is 23.9 Å². The van der Waals surface area contributed by atoms with Gasteiger partial charge in [-0.2, -0.15) is 0 Å². The lowest BCUT2D eigenvalue weighted by molar-refractivity contribution is 0.0825. The summed E-state index contributed by atoms with van der Waals surface area (Å²) >= 11 is 0. The molecule has 1 aliphatic heterocycles. The fraction of sp³-hybridized carbons (Fsp3) is 0.571. The van der Waals surface area contributed by atoms with Gasteiger partial charge in [0.15, 0.2) is 0 Å². The number of pyridine rings is 1. The Kier molecular flexibility index (Phi) is 4.74. The number of carbonyl (C=O) groups excluding carboxylic acids is 1. The largest absolute Gasteiger partial charge is 0.378 e. The molecule has 1 fully saturated rings. The van der Waals surface area contributed by atoms with Gasteiger partial charge in [0, 0.05) is 26.1 Å². The molecule has 1 aliphatic rings. The second kappa shape index (κ2) is 6.52. The number of hydrogen-bond acceptors (Lipinski definition) is 4. The van der Waals surface area contributed by atoms with Gasteiger partial charge >= 0.3 is 0 Å². The lowest BCUT2D eigenvalue weighted by Crippen LogP contribution is -2.33. The van der Waals surface area contributed by atoms with Crippen molar-refractivity contribution < 1.29 is 9.53 Å². The highest BCUT2D eigenvalue weighted by atomic mass is 16.5. The van der Waals surface area contributed by atoms with Crippen LogP contribution in [0, 0.1) is 5.92 Å². The number of hydrogen-bond donors (Lipinski definition) is 2. The summed E-state index contributed by atoms with van der Waals surface area (Å²) in [5.74, 6) is 0.989. The van der Waals surface area contributed by atoms with Crippen molar-refractivity contribution in [2.75, 3.05) is 25.5 Å². The number of nitrogens with zero attached hydrogens (tertiary/aromatic N) is 1. The molecule has 0 radical (unpaired) electrons. The molecule has 2 rings (SSSR count). The molecule has 0 bridgehead atoms. The first kappa shape index (κ1) is 13.8. The predicted octanol–water partition coefficient (Wildman–Crippen LogP) is 1.67. The summed E-state index contributed by atoms with van der Waals surface area (Å²) in [5, 5.41) is 5.87. The fourth-order valence-electron chi connectivity index (χ4n) is 2.39. The Bertz CT molecular complexity index is 436. The van der Waals surface area contributed by atoms with Crippen molar-refractivity contribution in [2.24, 2.45) is 5.92 Å². The van der Waals surface area contributed by atoms with Crippen LogP contribution >= 0.6 is 0 Å². The minimum absolute atomic E-state index is 0.126. The van der Waals surface area contributed by atoms with Crippen LogP contribution in [0.4, 0.5) is 5.82 Å². The van der Waals surface area contributed by atoms with Crippen molar-refractivity contribution in [1.29, 1.82) is 0 Å². The normalized spacial score (nSPS) is 22.2. The minimum atomic E-state index is -0.126. The number of ether oxygens (including phenoxy) is 1. The Morgan fingerprint density at radius 3 is 3.11 bits per heavy atom. The summed E-state index contributed by atoms with van der Waals surface area (Å²) in [5.41, 5.74) is 0.443. The summed E-state index contributed by atoms with van der Waals surface area (Å²) in [7, 11) is 1.78. The SMILES string of the molecule is CCC1OCCC1CNC(=O)c1cccc(NC)n1. The molecular weight excluding hydrogens is 242 g/mol. The van der Waals surface area contributed by atoms with Gasteiger partial charge in [0.1, 0.15) is 11.5 Å². The minimum Gasteiger partial charge on any atom is -0.378 e. The molecular formula is C14H21N3O2. The lowest BCUT2D eigenvalue weighted by Gasteiger charge is -2.17. The molecule has 0 aliphatic carbocycles. The third-order valence-electron chi connectivity index (χ3n) is 3.51. The molecule has 0 saturated carbocycles. The third kappa shape index (κ3) is 3.44. The summed E-state index contributed by atoms with van der Waals surface area (Å²) in [6.07, 6.45) is 2.29. The first-order chi connectivity index (χ1) is 9.24. The maximum atomic E-state index is 12.0. The average Bonchev–Trinajstić information content (AvgIpc) is 2.92. The predicted molar refractivity (Wildman–Crippen MR) is 74.3 cm³/mol. The number of amides is 1. The van der Waals surface area contributed by atoms with Crippen LogP contribution in [0.2, 0.25) is 0 Å². The van der Waals surface area contributed by atoms with E-state index in [0.29, 0.717) is 24.0 Å². The van der Waals surface area contributed by atoms with E-state index in [0.717, 1.165) is 19.4 Å². The van der Waals surface area contributed by atoms with Gasteiger partial charge in [-0.1, -0.05) is 13.0 Å². The Balaban J connectivity index is 1.90. The first-order valence-electron chi connectivity index (χ1n) is 6.79. The molecule has 2 N–H and O–H groups in total. The molecule has 2 atom stereocenters. The Hall–Kier alpha value is -1.62. The highest BCUT2D eigenvalue weighted by Crippen LogP contribution is 2.22. The number of anilines is 1. The number of aromatic nitrogens is 1. The van der Waals surface area contributed by atoms with Gasteiger partial charge in [-0.25, -0.2) is 4.98 Å². The second-order valence-corrected chi connectivity index (χ2v) is 4.73. The van der Waals surface area contributed by atoms with E-state index in [1.54, 1.807) is 13.1 Å². The molecule has 19 heavy (non-hydrogen) atoms. The Labute approximate surface area is 113 Å². The van der Waals surface area contributed by atoms with Gasteiger partial charge in [0.05, 0.1) is 6.10 Å². The van der Waals surface area contributed by atoms with Crippen LogP contribution in [-0.2, 0) is 4.74 Å². The summed E-state index contributed by atoms with van der Waals surface area (Å²) in [6.45, 7) is 3.57. The van der Waals surface area contributed by atoms with Crippen LogP contribution < -0.4 is 10.6 Å². The zero-order valence-corrected chi connectivity index (χ0v) is 11.5. The molecule has 5 heteroatoms. The molecule has 1 aromatic heterocycles. The molecule has 2 heterocycles. The Morgan fingerprint density at radius 1 is 1.53 bits per heavy atom. The molecule has 0 aromatic carbocycles. The lowest BCUT2D eigenvalue weighted by atomic mass is 10.00. The highest BCUT2D eigenvalue weighted by molar-refractivity contribution is 5.92. The van der Waals surface area contributed by atoms with E-state index < -0.39 is 0 Å². The van der Waals surface area contributed by atoms with Crippen molar-refractivity contribution >= 4 is 11.7 Å². The molecule has 1 amide bonds. The van der Waals surface area contributed by atoms with Gasteiger partial charge in [0.2, 0.25) is 0 Å². The van der Waals surface area contributed by atoms with E-state index in [2.05, 4.69) is 22.5 Å². The summed E-state index contributed by atoms with van der Waals surface area (Å²) in [4.78, 5) is 16.2. The van der Waals surface area contributed by atoms with Crippen LogP contribution in [0.25, 0.3) is 0 Å². The smallest absolute Gasteiger partial charge is 0.269 e. The summed E-state index contributed by atoms with van der Waals surface area (Å²) in [6, 6.07) is 5.37. The number of nitrogens with one attached hydrogen (secondary N) is 2. The van der Waals surface area contributed by atoms with Crippen LogP contribution in [0.1, 0.15) is 30.3 Å². The number of rotatable bonds is 5. The fourth-order valence-corrected chi connectivity index (χ4v) is 2.39. The molecule has 1 aromatic rings. The molecule has 5 nitrogen and oxygen atoms in total. The zero-order chi connectivity index (χ0) is 13.7. The molecule has 1 saturated heterocycles. The maximum absolute atomic E-state index is 12.0. The third-order valence-corrected chi connectivity index (χ3v) is 3.51. The summed E-state index contributed by atoms with van der Waals surface area (Å²) < 4.78 is 5.61. The van der Waals surface area contributed by atoms with Crippen molar-refractivity contribution in [1.82, 2.24) is 10.3 Å². The average molecular weight is 263 g/mol. The van der Waals surface area contributed by atoms with Crippen LogP contribution in [0.15, 0.2) is 18.2 Å². The van der Waals surface area contributed by atoms with Gasteiger partial charge in [-0.15, -0.1) is 0 Å². The van der Waals surface area contributed by atoms with E-state index in [-0.39, 0.29) is 12.0 Å². The zero-order valence-electron chi connectivity index (χ0n) is 11.5. The van der Waals surface area contributed by atoms with E-state index in [1.807, 2.05) is 12.1 Å². The van der Waals surface area contributed by atoms with E-state index in [9.17, 15) is 4.79 Å². The topological polar surface area (TPSA) is 63.2 Å². The van der Waals surface area contributed by atoms with E-state index in [4.69, 9.17) is 4.74 Å². The van der Waals surface area contributed by atoms with Gasteiger partial charge < -0.3 is 15.4 Å². The molecule has 0 spiro atoms. The van der Waals surface area contributed by atoms with Crippen molar-refractivity contribution in [3.8, 4) is 0 Å². The first-order valence-corrected chi connectivity index (χ1v) is 6.79. The van der Waals surface area contributed by atoms with E-state index >= 15 is 0 Å². The quantitative estimate of drug-likeness (QED) is 0.848. The van der Waals surface area contributed by atoms with Gasteiger partial charge in [-0.3, -0.25) is 4.79 Å². The molecule has 104 valence electrons. The standard InChI is InChI=1S/C14H21N3O2/c1-3-12-10(7-8-19-12)9-16-14(18)11-5-4-6-13(15-2)17-11/h4-6,10,12H,3,7-9H2,1-2H3,(H,15,17)(H,16,18). The molecule has 2 unspecified atom stereocenters. The van der Waals surface area contributed by atoms with Crippen molar-refractivity contribution in [3.63, 3.8) is 0 Å². The maximum Gasteiger partial charge on any atom is 0.269 e. The van der Waals surface area contributed by atoms with Crippen LogP contribution in [-0.4, -0.2) is 37.2 Å². The van der Waals surface area contributed by atoms with Gasteiger partial charge in [-0.05, 0) is 25.0 Å².